The van der Waals surface area contributed by atoms with Crippen molar-refractivity contribution in [1.82, 2.24) is 19.7 Å². The van der Waals surface area contributed by atoms with E-state index in [1.165, 1.54) is 36.7 Å². The first-order valence-corrected chi connectivity index (χ1v) is 10.5. The molecule has 2 aromatic rings. The molecule has 0 atom stereocenters. The van der Waals surface area contributed by atoms with Crippen LogP contribution >= 0.6 is 11.8 Å². The molecular weight excluding hydrogens is 365 g/mol. The SMILES string of the molecule is CCn1c(SCC(=O)N2CCN(c3ccc(F)cc3)CC2)nnc1C1CC1. The van der Waals surface area contributed by atoms with Crippen LogP contribution in [0.3, 0.4) is 0 Å². The average molecular weight is 390 g/mol. The lowest BCUT2D eigenvalue weighted by atomic mass is 10.2. The van der Waals surface area contributed by atoms with E-state index in [2.05, 4.69) is 26.6 Å². The highest BCUT2D eigenvalue weighted by Gasteiger charge is 2.30. The van der Waals surface area contributed by atoms with Gasteiger partial charge in [0, 0.05) is 44.3 Å². The van der Waals surface area contributed by atoms with Crippen LogP contribution in [0.2, 0.25) is 0 Å². The molecule has 1 aliphatic carbocycles. The van der Waals surface area contributed by atoms with E-state index in [-0.39, 0.29) is 11.7 Å². The molecule has 2 aliphatic rings. The standard InChI is InChI=1S/C19H24FN5OS/c1-2-25-18(14-3-4-14)21-22-19(25)27-13-17(26)24-11-9-23(10-12-24)16-7-5-15(20)6-8-16/h5-8,14H,2-4,9-13H2,1H3. The van der Waals surface area contributed by atoms with Crippen LogP contribution in [-0.4, -0.2) is 57.5 Å². The summed E-state index contributed by atoms with van der Waals surface area (Å²) >= 11 is 1.48. The number of hydrogen-bond acceptors (Lipinski definition) is 5. The first-order chi connectivity index (χ1) is 13.2. The molecule has 27 heavy (non-hydrogen) atoms. The summed E-state index contributed by atoms with van der Waals surface area (Å²) in [7, 11) is 0. The minimum absolute atomic E-state index is 0.136. The smallest absolute Gasteiger partial charge is 0.233 e. The number of amides is 1. The summed E-state index contributed by atoms with van der Waals surface area (Å²) in [6, 6.07) is 6.53. The quantitative estimate of drug-likeness (QED) is 0.711. The monoisotopic (exact) mass is 389 g/mol. The van der Waals surface area contributed by atoms with E-state index in [0.29, 0.717) is 24.8 Å². The summed E-state index contributed by atoms with van der Waals surface area (Å²) in [5.74, 6) is 1.92. The third-order valence-electron chi connectivity index (χ3n) is 5.15. The van der Waals surface area contributed by atoms with Crippen LogP contribution in [0.25, 0.3) is 0 Å². The van der Waals surface area contributed by atoms with Gasteiger partial charge in [-0.25, -0.2) is 4.39 Å². The molecule has 0 bridgehead atoms. The van der Waals surface area contributed by atoms with Crippen molar-refractivity contribution in [2.75, 3.05) is 36.8 Å². The zero-order valence-corrected chi connectivity index (χ0v) is 16.3. The number of carbonyl (C=O) groups excluding carboxylic acids is 1. The fourth-order valence-electron chi connectivity index (χ4n) is 3.43. The van der Waals surface area contributed by atoms with Gasteiger partial charge in [0.15, 0.2) is 5.16 Å². The Hall–Kier alpha value is -2.09. The predicted molar refractivity (Wildman–Crippen MR) is 104 cm³/mol. The van der Waals surface area contributed by atoms with Gasteiger partial charge in [-0.2, -0.15) is 0 Å². The number of anilines is 1. The molecule has 0 unspecified atom stereocenters. The molecular formula is C19H24FN5OS. The topological polar surface area (TPSA) is 54.3 Å². The Morgan fingerprint density at radius 2 is 1.85 bits per heavy atom. The van der Waals surface area contributed by atoms with Crippen molar-refractivity contribution in [2.45, 2.75) is 37.4 Å². The zero-order chi connectivity index (χ0) is 18.8. The summed E-state index contributed by atoms with van der Waals surface area (Å²) in [4.78, 5) is 16.7. The summed E-state index contributed by atoms with van der Waals surface area (Å²) in [5.41, 5.74) is 1.00. The van der Waals surface area contributed by atoms with Gasteiger partial charge < -0.3 is 14.4 Å². The second-order valence-electron chi connectivity index (χ2n) is 6.99. The molecule has 1 saturated heterocycles. The van der Waals surface area contributed by atoms with Crippen LogP contribution in [0.4, 0.5) is 10.1 Å². The van der Waals surface area contributed by atoms with Gasteiger partial charge in [-0.1, -0.05) is 11.8 Å². The fourth-order valence-corrected chi connectivity index (χ4v) is 4.34. The number of benzene rings is 1. The Morgan fingerprint density at radius 3 is 2.48 bits per heavy atom. The number of aromatic nitrogens is 3. The van der Waals surface area contributed by atoms with Gasteiger partial charge in [-0.05, 0) is 44.0 Å². The van der Waals surface area contributed by atoms with Crippen LogP contribution in [0.15, 0.2) is 29.4 Å². The zero-order valence-electron chi connectivity index (χ0n) is 15.5. The van der Waals surface area contributed by atoms with Gasteiger partial charge in [-0.3, -0.25) is 4.79 Å². The Morgan fingerprint density at radius 1 is 1.15 bits per heavy atom. The predicted octanol–water partition coefficient (Wildman–Crippen LogP) is 2.76. The second-order valence-corrected chi connectivity index (χ2v) is 7.93. The number of thioether (sulfide) groups is 1. The molecule has 2 fully saturated rings. The van der Waals surface area contributed by atoms with Crippen molar-refractivity contribution in [3.8, 4) is 0 Å². The molecule has 0 N–H and O–H groups in total. The lowest BCUT2D eigenvalue weighted by molar-refractivity contribution is -0.128. The molecule has 144 valence electrons. The Balaban J connectivity index is 1.29. The highest BCUT2D eigenvalue weighted by molar-refractivity contribution is 7.99. The van der Waals surface area contributed by atoms with Crippen molar-refractivity contribution in [3.63, 3.8) is 0 Å². The maximum Gasteiger partial charge on any atom is 0.233 e. The van der Waals surface area contributed by atoms with Gasteiger partial charge in [0.1, 0.15) is 11.6 Å². The van der Waals surface area contributed by atoms with Gasteiger partial charge in [0.25, 0.3) is 0 Å². The Bertz CT molecular complexity index is 797. The van der Waals surface area contributed by atoms with Crippen molar-refractivity contribution in [1.29, 1.82) is 0 Å². The number of nitrogens with zero attached hydrogens (tertiary/aromatic N) is 5. The van der Waals surface area contributed by atoms with Crippen LogP contribution in [0.1, 0.15) is 31.5 Å². The number of rotatable bonds is 6. The number of carbonyl (C=O) groups is 1. The maximum absolute atomic E-state index is 13.1. The average Bonchev–Trinajstić information content (AvgIpc) is 3.46. The lowest BCUT2D eigenvalue weighted by Gasteiger charge is -2.36. The van der Waals surface area contributed by atoms with Crippen molar-refractivity contribution >= 4 is 23.4 Å². The molecule has 0 spiro atoms. The van der Waals surface area contributed by atoms with Gasteiger partial charge in [-0.15, -0.1) is 10.2 Å². The van der Waals surface area contributed by atoms with Crippen molar-refractivity contribution in [2.24, 2.45) is 0 Å². The Kier molecular flexibility index (Phi) is 5.33. The molecule has 1 aromatic heterocycles. The third-order valence-corrected chi connectivity index (χ3v) is 6.10. The number of hydrogen-bond donors (Lipinski definition) is 0. The largest absolute Gasteiger partial charge is 0.368 e. The molecule has 2 heterocycles. The van der Waals surface area contributed by atoms with E-state index in [9.17, 15) is 9.18 Å². The van der Waals surface area contributed by atoms with E-state index in [4.69, 9.17) is 0 Å². The summed E-state index contributed by atoms with van der Waals surface area (Å²) in [6.07, 6.45) is 2.39. The normalized spacial score (nSPS) is 17.4. The Labute approximate surface area is 162 Å². The maximum atomic E-state index is 13.1. The highest BCUT2D eigenvalue weighted by Crippen LogP contribution is 2.40. The molecule has 0 radical (unpaired) electrons. The molecule has 4 rings (SSSR count). The molecule has 1 amide bonds. The molecule has 1 saturated carbocycles. The number of halogens is 1. The van der Waals surface area contributed by atoms with E-state index >= 15 is 0 Å². The first-order valence-electron chi connectivity index (χ1n) is 9.50. The first kappa shape index (κ1) is 18.3. The lowest BCUT2D eigenvalue weighted by Crippen LogP contribution is -2.49. The van der Waals surface area contributed by atoms with Crippen LogP contribution in [0, 0.1) is 5.82 Å². The van der Waals surface area contributed by atoms with Gasteiger partial charge in [0.05, 0.1) is 5.75 Å². The van der Waals surface area contributed by atoms with Crippen molar-refractivity contribution in [3.05, 3.63) is 35.9 Å². The van der Waals surface area contributed by atoms with Crippen LogP contribution in [-0.2, 0) is 11.3 Å². The van der Waals surface area contributed by atoms with Crippen LogP contribution < -0.4 is 4.90 Å². The highest BCUT2D eigenvalue weighted by atomic mass is 32.2. The molecule has 6 nitrogen and oxygen atoms in total. The number of piperazine rings is 1. The van der Waals surface area contributed by atoms with Crippen LogP contribution in [0.5, 0.6) is 0 Å². The summed E-state index contributed by atoms with van der Waals surface area (Å²) < 4.78 is 15.2. The van der Waals surface area contributed by atoms with E-state index < -0.39 is 0 Å². The molecule has 1 aromatic carbocycles. The van der Waals surface area contributed by atoms with E-state index in [1.54, 1.807) is 12.1 Å². The van der Waals surface area contributed by atoms with E-state index in [0.717, 1.165) is 36.3 Å². The fraction of sp³-hybridized carbons (Fsp3) is 0.526. The third kappa shape index (κ3) is 4.10. The van der Waals surface area contributed by atoms with Gasteiger partial charge >= 0.3 is 0 Å². The van der Waals surface area contributed by atoms with E-state index in [1.807, 2.05) is 4.90 Å². The summed E-state index contributed by atoms with van der Waals surface area (Å²) in [6.45, 7) is 5.83. The van der Waals surface area contributed by atoms with Gasteiger partial charge in [0.2, 0.25) is 5.91 Å². The molecule has 1 aliphatic heterocycles. The second kappa shape index (κ2) is 7.88. The summed E-state index contributed by atoms with van der Waals surface area (Å²) in [5, 5.41) is 9.46. The minimum atomic E-state index is -0.227. The van der Waals surface area contributed by atoms with Crippen molar-refractivity contribution < 1.29 is 9.18 Å². The minimum Gasteiger partial charge on any atom is -0.368 e. The molecule has 8 heteroatoms.